The van der Waals surface area contributed by atoms with Crippen LogP contribution in [0.3, 0.4) is 0 Å². The summed E-state index contributed by atoms with van der Waals surface area (Å²) < 4.78 is 2.28. The Bertz CT molecular complexity index is 830. The van der Waals surface area contributed by atoms with Crippen LogP contribution in [-0.4, -0.2) is 4.98 Å². The van der Waals surface area contributed by atoms with E-state index in [4.69, 9.17) is 4.98 Å². The molecule has 0 atom stereocenters. The lowest BCUT2D eigenvalue weighted by atomic mass is 9.98. The first-order valence-corrected chi connectivity index (χ1v) is 7.28. The van der Waals surface area contributed by atoms with Crippen LogP contribution in [0.4, 0.5) is 0 Å². The van der Waals surface area contributed by atoms with Crippen LogP contribution in [-0.2, 0) is 6.54 Å². The van der Waals surface area contributed by atoms with E-state index in [1.54, 1.807) is 0 Å². The van der Waals surface area contributed by atoms with Crippen molar-refractivity contribution in [3.05, 3.63) is 71.5 Å². The Morgan fingerprint density at radius 2 is 1.81 bits per heavy atom. The molecule has 0 fully saturated rings. The molecule has 0 bridgehead atoms. The Kier molecular flexibility index (Phi) is 2.64. The molecule has 21 heavy (non-hydrogen) atoms. The third-order valence-electron chi connectivity index (χ3n) is 4.28. The first-order valence-electron chi connectivity index (χ1n) is 7.28. The molecule has 102 valence electrons. The molecule has 1 aliphatic rings. The second-order valence-corrected chi connectivity index (χ2v) is 5.71. The van der Waals surface area contributed by atoms with Crippen molar-refractivity contribution in [2.45, 2.75) is 20.4 Å². The van der Waals surface area contributed by atoms with Gasteiger partial charge in [0, 0.05) is 29.5 Å². The highest BCUT2D eigenvalue weighted by molar-refractivity contribution is 5.72. The molecule has 0 spiro atoms. The van der Waals surface area contributed by atoms with Crippen molar-refractivity contribution in [1.82, 2.24) is 4.98 Å². The lowest BCUT2D eigenvalue weighted by Crippen LogP contribution is -2.31. The number of hydrogen-bond acceptors (Lipinski definition) is 1. The zero-order valence-electron chi connectivity index (χ0n) is 12.3. The topological polar surface area (TPSA) is 16.8 Å². The van der Waals surface area contributed by atoms with Gasteiger partial charge in [0.2, 0.25) is 5.69 Å². The summed E-state index contributed by atoms with van der Waals surface area (Å²) in [5, 5.41) is 0. The minimum absolute atomic E-state index is 0.936. The lowest BCUT2D eigenvalue weighted by Gasteiger charge is -2.09. The standard InChI is InChI=1S/C19H17N2/c1-13-6-5-7-14(2)19(13)17-10-15-12-21-9-4-3-8-18(21)16(15)11-20-17/h3-11H,12H2,1-2H3/q+1. The number of benzene rings is 1. The van der Waals surface area contributed by atoms with Crippen molar-refractivity contribution in [3.8, 4) is 22.5 Å². The summed E-state index contributed by atoms with van der Waals surface area (Å²) in [7, 11) is 0. The summed E-state index contributed by atoms with van der Waals surface area (Å²) in [4.78, 5) is 4.73. The monoisotopic (exact) mass is 273 g/mol. The minimum atomic E-state index is 0.936. The largest absolute Gasteiger partial charge is 0.255 e. The Morgan fingerprint density at radius 3 is 2.62 bits per heavy atom. The first-order chi connectivity index (χ1) is 10.2. The van der Waals surface area contributed by atoms with E-state index in [2.05, 4.69) is 67.1 Å². The zero-order chi connectivity index (χ0) is 14.4. The van der Waals surface area contributed by atoms with E-state index in [-0.39, 0.29) is 0 Å². The van der Waals surface area contributed by atoms with Crippen LogP contribution in [0, 0.1) is 13.8 Å². The number of fused-ring (bicyclic) bond motifs is 3. The van der Waals surface area contributed by atoms with Gasteiger partial charge in [0.15, 0.2) is 12.7 Å². The Morgan fingerprint density at radius 1 is 1.00 bits per heavy atom. The fraction of sp³-hybridized carbons (Fsp3) is 0.158. The molecule has 2 nitrogen and oxygen atoms in total. The van der Waals surface area contributed by atoms with Crippen LogP contribution in [0.15, 0.2) is 54.9 Å². The number of aryl methyl sites for hydroxylation is 2. The second kappa shape index (κ2) is 4.52. The normalized spacial score (nSPS) is 12.1. The van der Waals surface area contributed by atoms with E-state index in [1.165, 1.54) is 33.5 Å². The van der Waals surface area contributed by atoms with Crippen molar-refractivity contribution in [1.29, 1.82) is 0 Å². The van der Waals surface area contributed by atoms with Crippen LogP contribution < -0.4 is 4.57 Å². The fourth-order valence-corrected chi connectivity index (χ4v) is 3.26. The minimum Gasteiger partial charge on any atom is -0.255 e. The molecule has 3 heterocycles. The highest BCUT2D eigenvalue weighted by Crippen LogP contribution is 2.31. The van der Waals surface area contributed by atoms with E-state index < -0.39 is 0 Å². The van der Waals surface area contributed by atoms with Crippen molar-refractivity contribution in [2.24, 2.45) is 0 Å². The van der Waals surface area contributed by atoms with Crippen LogP contribution in [0.5, 0.6) is 0 Å². The van der Waals surface area contributed by atoms with E-state index in [9.17, 15) is 0 Å². The number of pyridine rings is 2. The highest BCUT2D eigenvalue weighted by atomic mass is 15.0. The van der Waals surface area contributed by atoms with Gasteiger partial charge in [0.05, 0.1) is 11.3 Å². The van der Waals surface area contributed by atoms with Crippen molar-refractivity contribution < 1.29 is 4.57 Å². The van der Waals surface area contributed by atoms with E-state index in [1.807, 2.05) is 6.20 Å². The van der Waals surface area contributed by atoms with Crippen molar-refractivity contribution in [2.75, 3.05) is 0 Å². The number of nitrogens with zero attached hydrogens (tertiary/aromatic N) is 2. The molecular weight excluding hydrogens is 256 g/mol. The molecule has 0 aliphatic carbocycles. The SMILES string of the molecule is Cc1cccc(C)c1-c1cc2c(cn1)-c1cccc[n+]1C2. The van der Waals surface area contributed by atoms with Crippen LogP contribution in [0.2, 0.25) is 0 Å². The number of rotatable bonds is 1. The van der Waals surface area contributed by atoms with Gasteiger partial charge in [-0.05, 0) is 37.1 Å². The predicted octanol–water partition coefficient (Wildman–Crippen LogP) is 3.68. The quantitative estimate of drug-likeness (QED) is 0.483. The molecule has 4 rings (SSSR count). The van der Waals surface area contributed by atoms with E-state index in [0.717, 1.165) is 12.2 Å². The molecule has 0 N–H and O–H groups in total. The molecule has 0 unspecified atom stereocenters. The summed E-state index contributed by atoms with van der Waals surface area (Å²) >= 11 is 0. The lowest BCUT2D eigenvalue weighted by molar-refractivity contribution is -0.672. The van der Waals surface area contributed by atoms with Crippen LogP contribution in [0.1, 0.15) is 16.7 Å². The van der Waals surface area contributed by atoms with E-state index in [0.29, 0.717) is 0 Å². The molecule has 3 aromatic rings. The summed E-state index contributed by atoms with van der Waals surface area (Å²) in [5.74, 6) is 0. The van der Waals surface area contributed by atoms with Gasteiger partial charge in [-0.1, -0.05) is 18.2 Å². The predicted molar refractivity (Wildman–Crippen MR) is 83.9 cm³/mol. The molecule has 0 saturated heterocycles. The van der Waals surface area contributed by atoms with Gasteiger partial charge in [-0.15, -0.1) is 0 Å². The molecule has 0 saturated carbocycles. The second-order valence-electron chi connectivity index (χ2n) is 5.71. The average Bonchev–Trinajstić information content (AvgIpc) is 2.85. The summed E-state index contributed by atoms with van der Waals surface area (Å²) in [5.41, 5.74) is 8.78. The number of aromatic nitrogens is 2. The third kappa shape index (κ3) is 1.87. The molecule has 1 aliphatic heterocycles. The van der Waals surface area contributed by atoms with Crippen LogP contribution in [0.25, 0.3) is 22.5 Å². The maximum absolute atomic E-state index is 4.73. The van der Waals surface area contributed by atoms with Crippen LogP contribution >= 0.6 is 0 Å². The Hall–Kier alpha value is -2.48. The molecule has 0 amide bonds. The van der Waals surface area contributed by atoms with Gasteiger partial charge in [0.1, 0.15) is 0 Å². The molecular formula is C19H17N2+. The maximum atomic E-state index is 4.73. The fourth-order valence-electron chi connectivity index (χ4n) is 3.26. The highest BCUT2D eigenvalue weighted by Gasteiger charge is 2.26. The zero-order valence-corrected chi connectivity index (χ0v) is 12.3. The number of hydrogen-bond donors (Lipinski definition) is 0. The van der Waals surface area contributed by atoms with Gasteiger partial charge >= 0.3 is 0 Å². The average molecular weight is 273 g/mol. The first kappa shape index (κ1) is 12.3. The van der Waals surface area contributed by atoms with Crippen molar-refractivity contribution >= 4 is 0 Å². The Labute approximate surface area is 124 Å². The van der Waals surface area contributed by atoms with Gasteiger partial charge in [0.25, 0.3) is 0 Å². The molecule has 2 aromatic heterocycles. The third-order valence-corrected chi connectivity index (χ3v) is 4.28. The summed E-state index contributed by atoms with van der Waals surface area (Å²) in [6, 6.07) is 15.0. The van der Waals surface area contributed by atoms with Gasteiger partial charge in [-0.3, -0.25) is 4.98 Å². The van der Waals surface area contributed by atoms with Gasteiger partial charge in [-0.25, -0.2) is 0 Å². The summed E-state index contributed by atoms with van der Waals surface area (Å²) in [6.07, 6.45) is 4.16. The molecule has 1 aromatic carbocycles. The summed E-state index contributed by atoms with van der Waals surface area (Å²) in [6.45, 7) is 5.24. The smallest absolute Gasteiger partial charge is 0.214 e. The molecule has 0 radical (unpaired) electrons. The maximum Gasteiger partial charge on any atom is 0.214 e. The van der Waals surface area contributed by atoms with Gasteiger partial charge < -0.3 is 0 Å². The molecule has 2 heteroatoms. The Balaban J connectivity index is 1.88. The van der Waals surface area contributed by atoms with Gasteiger partial charge in [-0.2, -0.15) is 4.57 Å². The van der Waals surface area contributed by atoms with Crippen molar-refractivity contribution in [3.63, 3.8) is 0 Å². The van der Waals surface area contributed by atoms with E-state index >= 15 is 0 Å².